The van der Waals surface area contributed by atoms with E-state index in [0.29, 0.717) is 25.1 Å². The number of carbonyl (C=O) groups excluding carboxylic acids is 2. The Hall–Kier alpha value is -2.11. The van der Waals surface area contributed by atoms with Crippen LogP contribution < -0.4 is 15.4 Å². The number of rotatable bonds is 4. The van der Waals surface area contributed by atoms with Crippen molar-refractivity contribution in [1.82, 2.24) is 10.6 Å². The molecule has 1 aromatic rings. The zero-order valence-electron chi connectivity index (χ0n) is 10.5. The molecule has 2 rings (SSSR count). The van der Waals surface area contributed by atoms with E-state index in [1.165, 1.54) is 19.2 Å². The molecule has 102 valence electrons. The summed E-state index contributed by atoms with van der Waals surface area (Å²) >= 11 is 0. The molecule has 0 radical (unpaired) electrons. The van der Waals surface area contributed by atoms with Crippen LogP contribution in [0.25, 0.3) is 0 Å². The summed E-state index contributed by atoms with van der Waals surface area (Å²) in [5.41, 5.74) is -0.0369. The van der Waals surface area contributed by atoms with E-state index in [-0.39, 0.29) is 17.5 Å². The fourth-order valence-electron chi connectivity index (χ4n) is 1.95. The molecule has 0 spiro atoms. The topological polar surface area (TPSA) is 67.4 Å². The Morgan fingerprint density at radius 2 is 2.37 bits per heavy atom. The van der Waals surface area contributed by atoms with E-state index in [0.717, 1.165) is 6.07 Å². The lowest BCUT2D eigenvalue weighted by molar-refractivity contribution is -0.119. The van der Waals surface area contributed by atoms with Crippen LogP contribution in [0.1, 0.15) is 23.2 Å². The predicted molar refractivity (Wildman–Crippen MR) is 66.4 cm³/mol. The third-order valence-electron chi connectivity index (χ3n) is 3.01. The van der Waals surface area contributed by atoms with Crippen LogP contribution in [0.2, 0.25) is 0 Å². The highest BCUT2D eigenvalue weighted by Gasteiger charge is 2.21. The smallest absolute Gasteiger partial charge is 0.254 e. The van der Waals surface area contributed by atoms with Gasteiger partial charge in [-0.2, -0.15) is 0 Å². The Morgan fingerprint density at radius 1 is 1.58 bits per heavy atom. The molecule has 0 aliphatic carbocycles. The molecule has 1 atom stereocenters. The van der Waals surface area contributed by atoms with Crippen LogP contribution in [0.15, 0.2) is 18.2 Å². The van der Waals surface area contributed by atoms with Crippen LogP contribution in [0.4, 0.5) is 4.39 Å². The number of ether oxygens (including phenoxy) is 1. The van der Waals surface area contributed by atoms with E-state index in [4.69, 9.17) is 4.74 Å². The molecule has 1 fully saturated rings. The van der Waals surface area contributed by atoms with Crippen molar-refractivity contribution in [2.24, 2.45) is 0 Å². The molecule has 5 nitrogen and oxygen atoms in total. The van der Waals surface area contributed by atoms with Crippen LogP contribution >= 0.6 is 0 Å². The normalized spacial score (nSPS) is 18.0. The van der Waals surface area contributed by atoms with E-state index in [1.807, 2.05) is 0 Å². The Labute approximate surface area is 110 Å². The molecule has 1 aromatic carbocycles. The largest absolute Gasteiger partial charge is 0.497 e. The molecule has 0 aromatic heterocycles. The minimum absolute atomic E-state index is 0.0186. The maximum atomic E-state index is 13.6. The Kier molecular flexibility index (Phi) is 3.99. The lowest BCUT2D eigenvalue weighted by Crippen LogP contribution is -2.38. The summed E-state index contributed by atoms with van der Waals surface area (Å²) < 4.78 is 18.5. The van der Waals surface area contributed by atoms with Crippen molar-refractivity contribution < 1.29 is 18.7 Å². The van der Waals surface area contributed by atoms with E-state index < -0.39 is 11.7 Å². The zero-order valence-corrected chi connectivity index (χ0v) is 10.5. The van der Waals surface area contributed by atoms with Gasteiger partial charge < -0.3 is 15.4 Å². The van der Waals surface area contributed by atoms with Crippen molar-refractivity contribution >= 4 is 11.8 Å². The number of carbonyl (C=O) groups is 2. The first kappa shape index (κ1) is 13.3. The van der Waals surface area contributed by atoms with E-state index in [9.17, 15) is 14.0 Å². The predicted octanol–water partition coefficient (Wildman–Crippen LogP) is 0.843. The number of hydrogen-bond acceptors (Lipinski definition) is 3. The molecule has 1 aliphatic rings. The summed E-state index contributed by atoms with van der Waals surface area (Å²) in [6.45, 7) is 0.302. The third kappa shape index (κ3) is 3.21. The minimum Gasteiger partial charge on any atom is -0.497 e. The highest BCUT2D eigenvalue weighted by molar-refractivity contribution is 5.94. The molecule has 1 aliphatic heterocycles. The van der Waals surface area contributed by atoms with E-state index in [2.05, 4.69) is 10.6 Å². The Balaban J connectivity index is 1.94. The van der Waals surface area contributed by atoms with Crippen molar-refractivity contribution in [3.63, 3.8) is 0 Å². The first-order valence-electron chi connectivity index (χ1n) is 6.01. The van der Waals surface area contributed by atoms with Gasteiger partial charge in [-0.15, -0.1) is 0 Å². The molecule has 2 N–H and O–H groups in total. The lowest BCUT2D eigenvalue weighted by Gasteiger charge is -2.12. The minimum atomic E-state index is -0.632. The lowest BCUT2D eigenvalue weighted by atomic mass is 10.1. The summed E-state index contributed by atoms with van der Waals surface area (Å²) in [7, 11) is 1.43. The number of amides is 2. The first-order chi connectivity index (χ1) is 9.10. The van der Waals surface area contributed by atoms with Crippen molar-refractivity contribution in [2.75, 3.05) is 13.7 Å². The molecule has 0 saturated carbocycles. The summed E-state index contributed by atoms with van der Waals surface area (Å²) in [4.78, 5) is 22.8. The van der Waals surface area contributed by atoms with Crippen molar-refractivity contribution in [3.8, 4) is 5.75 Å². The summed E-state index contributed by atoms with van der Waals surface area (Å²) in [6.07, 6.45) is 1.15. The SMILES string of the molecule is COc1ccc(C(=O)NCC2CCC(=O)N2)c(F)c1. The van der Waals surface area contributed by atoms with Gasteiger partial charge in [-0.25, -0.2) is 4.39 Å². The number of methoxy groups -OCH3 is 1. The fourth-order valence-corrected chi connectivity index (χ4v) is 1.95. The second-order valence-corrected chi connectivity index (χ2v) is 4.36. The maximum Gasteiger partial charge on any atom is 0.254 e. The zero-order chi connectivity index (χ0) is 13.8. The summed E-state index contributed by atoms with van der Waals surface area (Å²) in [6, 6.07) is 3.98. The van der Waals surface area contributed by atoms with Gasteiger partial charge in [-0.05, 0) is 18.6 Å². The second kappa shape index (κ2) is 5.69. The number of hydrogen-bond donors (Lipinski definition) is 2. The second-order valence-electron chi connectivity index (χ2n) is 4.36. The van der Waals surface area contributed by atoms with Gasteiger partial charge in [0.2, 0.25) is 5.91 Å². The van der Waals surface area contributed by atoms with E-state index in [1.54, 1.807) is 0 Å². The number of benzene rings is 1. The average molecular weight is 266 g/mol. The molecule has 1 heterocycles. The quantitative estimate of drug-likeness (QED) is 0.848. The van der Waals surface area contributed by atoms with Crippen LogP contribution in [0, 0.1) is 5.82 Å². The van der Waals surface area contributed by atoms with Crippen molar-refractivity contribution in [1.29, 1.82) is 0 Å². The van der Waals surface area contributed by atoms with Gasteiger partial charge in [0, 0.05) is 25.1 Å². The third-order valence-corrected chi connectivity index (χ3v) is 3.01. The standard InChI is InChI=1S/C13H15FN2O3/c1-19-9-3-4-10(11(14)6-9)13(18)15-7-8-2-5-12(17)16-8/h3-4,6,8H,2,5,7H2,1H3,(H,15,18)(H,16,17). The first-order valence-corrected chi connectivity index (χ1v) is 6.01. The highest BCUT2D eigenvalue weighted by Crippen LogP contribution is 2.16. The van der Waals surface area contributed by atoms with Gasteiger partial charge in [-0.1, -0.05) is 0 Å². The maximum absolute atomic E-state index is 13.6. The molecular formula is C13H15FN2O3. The van der Waals surface area contributed by atoms with Gasteiger partial charge >= 0.3 is 0 Å². The number of halogens is 1. The Morgan fingerprint density at radius 3 is 2.95 bits per heavy atom. The summed E-state index contributed by atoms with van der Waals surface area (Å²) in [5, 5.41) is 5.33. The van der Waals surface area contributed by atoms with Gasteiger partial charge in [-0.3, -0.25) is 9.59 Å². The molecule has 19 heavy (non-hydrogen) atoms. The molecule has 1 saturated heterocycles. The monoisotopic (exact) mass is 266 g/mol. The molecular weight excluding hydrogens is 251 g/mol. The van der Waals surface area contributed by atoms with Crippen LogP contribution in [0.3, 0.4) is 0 Å². The molecule has 0 bridgehead atoms. The van der Waals surface area contributed by atoms with Gasteiger partial charge in [0.25, 0.3) is 5.91 Å². The number of nitrogens with one attached hydrogen (secondary N) is 2. The van der Waals surface area contributed by atoms with Crippen LogP contribution in [-0.2, 0) is 4.79 Å². The molecule has 2 amide bonds. The van der Waals surface area contributed by atoms with Gasteiger partial charge in [0.05, 0.1) is 12.7 Å². The Bertz CT molecular complexity index is 505. The van der Waals surface area contributed by atoms with Gasteiger partial charge in [0.15, 0.2) is 0 Å². The molecule has 1 unspecified atom stereocenters. The highest BCUT2D eigenvalue weighted by atomic mass is 19.1. The fraction of sp³-hybridized carbons (Fsp3) is 0.385. The summed E-state index contributed by atoms with van der Waals surface area (Å²) in [5.74, 6) is -0.791. The van der Waals surface area contributed by atoms with Crippen LogP contribution in [-0.4, -0.2) is 31.5 Å². The van der Waals surface area contributed by atoms with Crippen molar-refractivity contribution in [2.45, 2.75) is 18.9 Å². The molecule has 6 heteroatoms. The van der Waals surface area contributed by atoms with E-state index >= 15 is 0 Å². The van der Waals surface area contributed by atoms with Crippen molar-refractivity contribution in [3.05, 3.63) is 29.6 Å². The van der Waals surface area contributed by atoms with Crippen LogP contribution in [0.5, 0.6) is 5.75 Å². The van der Waals surface area contributed by atoms with Gasteiger partial charge in [0.1, 0.15) is 11.6 Å². The average Bonchev–Trinajstić information content (AvgIpc) is 2.81.